The van der Waals surface area contributed by atoms with Gasteiger partial charge in [0.15, 0.2) is 0 Å². The molecular weight excluding hydrogens is 262 g/mol. The van der Waals surface area contributed by atoms with Gasteiger partial charge in [-0.2, -0.15) is 0 Å². The van der Waals surface area contributed by atoms with Crippen LogP contribution in [0.3, 0.4) is 0 Å². The van der Waals surface area contributed by atoms with Gasteiger partial charge in [-0.1, -0.05) is 0 Å². The lowest BCUT2D eigenvalue weighted by Crippen LogP contribution is -2.51. The molecule has 6 heteroatoms. The van der Waals surface area contributed by atoms with Crippen LogP contribution in [0.4, 0.5) is 4.79 Å². The van der Waals surface area contributed by atoms with Gasteiger partial charge in [0.2, 0.25) is 0 Å². The van der Waals surface area contributed by atoms with E-state index in [4.69, 9.17) is 9.47 Å². The average molecular weight is 285 g/mol. The van der Waals surface area contributed by atoms with Crippen LogP contribution < -0.4 is 0 Å². The number of nitrogens with zero attached hydrogens (tertiary/aromatic N) is 1. The molecule has 20 heavy (non-hydrogen) atoms. The molecule has 0 unspecified atom stereocenters. The van der Waals surface area contributed by atoms with Crippen molar-refractivity contribution in [3.63, 3.8) is 0 Å². The number of carboxylic acid groups (broad SMARTS) is 1. The number of carboxylic acids is 1. The van der Waals surface area contributed by atoms with Gasteiger partial charge in [0.05, 0.1) is 18.1 Å². The van der Waals surface area contributed by atoms with E-state index in [0.29, 0.717) is 32.4 Å². The zero-order valence-corrected chi connectivity index (χ0v) is 12.3. The van der Waals surface area contributed by atoms with E-state index < -0.39 is 23.1 Å². The lowest BCUT2D eigenvalue weighted by molar-refractivity contribution is -0.153. The van der Waals surface area contributed by atoms with Crippen LogP contribution in [-0.2, 0) is 14.3 Å². The van der Waals surface area contributed by atoms with Crippen LogP contribution in [0, 0.1) is 5.41 Å². The summed E-state index contributed by atoms with van der Waals surface area (Å²) >= 11 is 0. The summed E-state index contributed by atoms with van der Waals surface area (Å²) in [4.78, 5) is 25.3. The summed E-state index contributed by atoms with van der Waals surface area (Å²) in [5.74, 6) is -0.846. The summed E-state index contributed by atoms with van der Waals surface area (Å²) in [5, 5.41) is 9.56. The molecular formula is C14H23NO5. The minimum atomic E-state index is -0.893. The van der Waals surface area contributed by atoms with E-state index in [9.17, 15) is 14.7 Å². The molecule has 0 aliphatic carbocycles. The van der Waals surface area contributed by atoms with Crippen molar-refractivity contribution in [2.75, 3.05) is 19.7 Å². The van der Waals surface area contributed by atoms with Crippen molar-refractivity contribution in [2.45, 2.75) is 51.7 Å². The van der Waals surface area contributed by atoms with Crippen LogP contribution in [0.15, 0.2) is 0 Å². The molecule has 2 saturated heterocycles. The van der Waals surface area contributed by atoms with E-state index in [2.05, 4.69) is 0 Å². The van der Waals surface area contributed by atoms with Gasteiger partial charge in [0, 0.05) is 13.1 Å². The van der Waals surface area contributed by atoms with Gasteiger partial charge in [0.25, 0.3) is 0 Å². The number of ether oxygens (including phenoxy) is 2. The van der Waals surface area contributed by atoms with Crippen molar-refractivity contribution in [3.8, 4) is 0 Å². The number of hydrogen-bond donors (Lipinski definition) is 1. The van der Waals surface area contributed by atoms with Crippen LogP contribution in [0.5, 0.6) is 0 Å². The third kappa shape index (κ3) is 3.62. The first-order valence-corrected chi connectivity index (χ1v) is 7.05. The average Bonchev–Trinajstić information content (AvgIpc) is 3.10. The van der Waals surface area contributed by atoms with Crippen molar-refractivity contribution in [2.24, 2.45) is 5.41 Å². The Morgan fingerprint density at radius 3 is 2.60 bits per heavy atom. The Hall–Kier alpha value is -1.30. The van der Waals surface area contributed by atoms with Gasteiger partial charge >= 0.3 is 12.1 Å². The number of amides is 1. The first kappa shape index (κ1) is 15.1. The molecule has 2 fully saturated rings. The standard InChI is InChI=1S/C14H23NO5/c1-13(2,3)20-12(18)15-6-4-5-14(9-15,11(16)17)7-10-8-19-10/h10H,4-9H2,1-3H3,(H,16,17)/t10-,14-/m0/s1. The van der Waals surface area contributed by atoms with Gasteiger partial charge in [-0.15, -0.1) is 0 Å². The summed E-state index contributed by atoms with van der Waals surface area (Å²) in [6, 6.07) is 0. The molecule has 0 saturated carbocycles. The molecule has 2 heterocycles. The summed E-state index contributed by atoms with van der Waals surface area (Å²) in [6.07, 6.45) is 1.34. The zero-order chi connectivity index (χ0) is 15.0. The fourth-order valence-electron chi connectivity index (χ4n) is 2.66. The Morgan fingerprint density at radius 1 is 1.45 bits per heavy atom. The Balaban J connectivity index is 2.05. The van der Waals surface area contributed by atoms with Crippen LogP contribution in [0.2, 0.25) is 0 Å². The van der Waals surface area contributed by atoms with E-state index in [1.165, 1.54) is 4.90 Å². The second-order valence-electron chi connectivity index (χ2n) is 6.75. The van der Waals surface area contributed by atoms with Crippen molar-refractivity contribution < 1.29 is 24.2 Å². The second-order valence-corrected chi connectivity index (χ2v) is 6.75. The third-order valence-electron chi connectivity index (χ3n) is 3.70. The molecule has 1 amide bonds. The van der Waals surface area contributed by atoms with Crippen LogP contribution >= 0.6 is 0 Å². The fraction of sp³-hybridized carbons (Fsp3) is 0.857. The third-order valence-corrected chi connectivity index (χ3v) is 3.70. The first-order chi connectivity index (χ1) is 9.22. The van der Waals surface area contributed by atoms with E-state index in [1.54, 1.807) is 20.8 Å². The molecule has 0 aromatic heterocycles. The maximum Gasteiger partial charge on any atom is 0.410 e. The minimum absolute atomic E-state index is 0.0321. The molecule has 2 rings (SSSR count). The van der Waals surface area contributed by atoms with Crippen molar-refractivity contribution in [3.05, 3.63) is 0 Å². The van der Waals surface area contributed by atoms with Crippen LogP contribution in [-0.4, -0.2) is 53.5 Å². The van der Waals surface area contributed by atoms with E-state index >= 15 is 0 Å². The van der Waals surface area contributed by atoms with Crippen molar-refractivity contribution >= 4 is 12.1 Å². The summed E-state index contributed by atoms with van der Waals surface area (Å²) < 4.78 is 10.5. The Kier molecular flexibility index (Phi) is 3.95. The van der Waals surface area contributed by atoms with E-state index in [1.807, 2.05) is 0 Å². The highest BCUT2D eigenvalue weighted by molar-refractivity contribution is 5.77. The second kappa shape index (κ2) is 5.24. The first-order valence-electron chi connectivity index (χ1n) is 7.05. The summed E-state index contributed by atoms with van der Waals surface area (Å²) in [6.45, 7) is 6.79. The smallest absolute Gasteiger partial charge is 0.410 e. The predicted molar refractivity (Wildman–Crippen MR) is 71.5 cm³/mol. The van der Waals surface area contributed by atoms with Gasteiger partial charge in [-0.25, -0.2) is 4.79 Å². The topological polar surface area (TPSA) is 79.4 Å². The van der Waals surface area contributed by atoms with E-state index in [0.717, 1.165) is 0 Å². The number of epoxide rings is 1. The lowest BCUT2D eigenvalue weighted by Gasteiger charge is -2.40. The van der Waals surface area contributed by atoms with Gasteiger partial charge in [0.1, 0.15) is 5.60 Å². The number of aliphatic carboxylic acids is 1. The quantitative estimate of drug-likeness (QED) is 0.801. The molecule has 0 spiro atoms. The Labute approximate surface area is 119 Å². The number of likely N-dealkylation sites (tertiary alicyclic amines) is 1. The molecule has 0 aromatic carbocycles. The SMILES string of the molecule is CC(C)(C)OC(=O)N1CCC[C@@](C[C@H]2CO2)(C(=O)O)C1. The van der Waals surface area contributed by atoms with Gasteiger partial charge < -0.3 is 19.5 Å². The maximum absolute atomic E-state index is 12.1. The monoisotopic (exact) mass is 285 g/mol. The highest BCUT2D eigenvalue weighted by Crippen LogP contribution is 2.38. The molecule has 114 valence electrons. The number of carbonyl (C=O) groups is 2. The van der Waals surface area contributed by atoms with Crippen molar-refractivity contribution in [1.29, 1.82) is 0 Å². The summed E-state index contributed by atoms with van der Waals surface area (Å²) in [5.41, 5.74) is -1.46. The highest BCUT2D eigenvalue weighted by atomic mass is 16.6. The largest absolute Gasteiger partial charge is 0.481 e. The fourth-order valence-corrected chi connectivity index (χ4v) is 2.66. The number of piperidine rings is 1. The molecule has 6 nitrogen and oxygen atoms in total. The number of carbonyl (C=O) groups excluding carboxylic acids is 1. The van der Waals surface area contributed by atoms with Gasteiger partial charge in [-0.3, -0.25) is 4.79 Å². The zero-order valence-electron chi connectivity index (χ0n) is 12.3. The minimum Gasteiger partial charge on any atom is -0.481 e. The number of rotatable bonds is 3. The maximum atomic E-state index is 12.1. The van der Waals surface area contributed by atoms with Gasteiger partial charge in [-0.05, 0) is 40.0 Å². The molecule has 1 N–H and O–H groups in total. The Bertz CT molecular complexity index is 399. The Morgan fingerprint density at radius 2 is 2.10 bits per heavy atom. The summed E-state index contributed by atoms with van der Waals surface area (Å²) in [7, 11) is 0. The lowest BCUT2D eigenvalue weighted by atomic mass is 9.76. The molecule has 2 atom stereocenters. The molecule has 2 aliphatic rings. The van der Waals surface area contributed by atoms with Crippen LogP contribution in [0.1, 0.15) is 40.0 Å². The predicted octanol–water partition coefficient (Wildman–Crippen LogP) is 1.88. The van der Waals surface area contributed by atoms with Crippen molar-refractivity contribution in [1.82, 2.24) is 4.90 Å². The molecule has 0 bridgehead atoms. The van der Waals surface area contributed by atoms with E-state index in [-0.39, 0.29) is 12.6 Å². The van der Waals surface area contributed by atoms with Crippen LogP contribution in [0.25, 0.3) is 0 Å². The normalized spacial score (nSPS) is 29.9. The number of hydrogen-bond acceptors (Lipinski definition) is 4. The molecule has 0 radical (unpaired) electrons. The molecule has 0 aromatic rings. The highest BCUT2D eigenvalue weighted by Gasteiger charge is 2.48. The molecule has 2 aliphatic heterocycles.